The summed E-state index contributed by atoms with van der Waals surface area (Å²) in [6.07, 6.45) is 0. The molecule has 26 heavy (non-hydrogen) atoms. The zero-order chi connectivity index (χ0) is 19.3. The van der Waals surface area contributed by atoms with E-state index in [-0.39, 0.29) is 11.4 Å². The molecule has 0 atom stereocenters. The standard InChI is InChI=1S/C19H24N2O4S/c1-5-25-17-6-8-18(9-7-17)26(23,24)21(4)13-19(22)20-16-11-14(2)10-15(3)12-16/h6-12H,5,13H2,1-4H3,(H,20,22). The van der Waals surface area contributed by atoms with Crippen LogP contribution in [0.4, 0.5) is 5.69 Å². The maximum Gasteiger partial charge on any atom is 0.243 e. The molecule has 0 unspecified atom stereocenters. The number of hydrogen-bond donors (Lipinski definition) is 1. The fraction of sp³-hybridized carbons (Fsp3) is 0.316. The fourth-order valence-electron chi connectivity index (χ4n) is 2.59. The van der Waals surface area contributed by atoms with E-state index >= 15 is 0 Å². The van der Waals surface area contributed by atoms with Crippen LogP contribution in [0.15, 0.2) is 47.4 Å². The molecule has 0 aliphatic heterocycles. The van der Waals surface area contributed by atoms with E-state index in [2.05, 4.69) is 5.32 Å². The van der Waals surface area contributed by atoms with Crippen LogP contribution in [0.25, 0.3) is 0 Å². The van der Waals surface area contributed by atoms with Crippen LogP contribution in [0.2, 0.25) is 0 Å². The molecule has 1 N–H and O–H groups in total. The Hall–Kier alpha value is -2.38. The van der Waals surface area contributed by atoms with Gasteiger partial charge in [-0.1, -0.05) is 6.07 Å². The number of carbonyl (C=O) groups is 1. The molecule has 0 radical (unpaired) electrons. The van der Waals surface area contributed by atoms with E-state index in [1.807, 2.05) is 39.0 Å². The van der Waals surface area contributed by atoms with Crippen molar-refractivity contribution in [2.75, 3.05) is 25.5 Å². The smallest absolute Gasteiger partial charge is 0.243 e. The molecule has 0 saturated carbocycles. The monoisotopic (exact) mass is 376 g/mol. The molecular formula is C19H24N2O4S. The van der Waals surface area contributed by atoms with Gasteiger partial charge in [0.25, 0.3) is 0 Å². The number of likely N-dealkylation sites (N-methyl/N-ethyl adjacent to an activating group) is 1. The van der Waals surface area contributed by atoms with Crippen molar-refractivity contribution < 1.29 is 17.9 Å². The lowest BCUT2D eigenvalue weighted by molar-refractivity contribution is -0.116. The summed E-state index contributed by atoms with van der Waals surface area (Å²) in [5, 5.41) is 2.74. The van der Waals surface area contributed by atoms with Crippen molar-refractivity contribution in [1.29, 1.82) is 0 Å². The minimum atomic E-state index is -3.76. The van der Waals surface area contributed by atoms with Crippen LogP contribution in [0.1, 0.15) is 18.1 Å². The van der Waals surface area contributed by atoms with Gasteiger partial charge in [-0.25, -0.2) is 8.42 Å². The Morgan fingerprint density at radius 3 is 2.19 bits per heavy atom. The molecule has 0 spiro atoms. The molecule has 0 aliphatic rings. The van der Waals surface area contributed by atoms with Crippen molar-refractivity contribution in [3.63, 3.8) is 0 Å². The highest BCUT2D eigenvalue weighted by molar-refractivity contribution is 7.89. The summed E-state index contributed by atoms with van der Waals surface area (Å²) in [6.45, 7) is 5.95. The highest BCUT2D eigenvalue weighted by atomic mass is 32.2. The maximum absolute atomic E-state index is 12.6. The third-order valence-electron chi connectivity index (χ3n) is 3.71. The molecule has 0 aromatic heterocycles. The van der Waals surface area contributed by atoms with Crippen LogP contribution in [0, 0.1) is 13.8 Å². The first-order valence-corrected chi connectivity index (χ1v) is 9.73. The van der Waals surface area contributed by atoms with Gasteiger partial charge in [0.2, 0.25) is 15.9 Å². The number of ether oxygens (including phenoxy) is 1. The molecular weight excluding hydrogens is 352 g/mol. The lowest BCUT2D eigenvalue weighted by Crippen LogP contribution is -2.35. The second-order valence-electron chi connectivity index (χ2n) is 6.09. The van der Waals surface area contributed by atoms with E-state index in [1.165, 1.54) is 19.2 Å². The number of rotatable bonds is 7. The van der Waals surface area contributed by atoms with Gasteiger partial charge in [0.1, 0.15) is 5.75 Å². The second-order valence-corrected chi connectivity index (χ2v) is 8.13. The first kappa shape index (κ1) is 19.9. The second kappa shape index (κ2) is 8.33. The van der Waals surface area contributed by atoms with Crippen molar-refractivity contribution in [1.82, 2.24) is 4.31 Å². The SMILES string of the molecule is CCOc1ccc(S(=O)(=O)N(C)CC(=O)Nc2cc(C)cc(C)c2)cc1. The van der Waals surface area contributed by atoms with Crippen LogP contribution >= 0.6 is 0 Å². The van der Waals surface area contributed by atoms with Gasteiger partial charge < -0.3 is 10.1 Å². The highest BCUT2D eigenvalue weighted by Crippen LogP contribution is 2.19. The number of hydrogen-bond acceptors (Lipinski definition) is 4. The molecule has 140 valence electrons. The number of amides is 1. The fourth-order valence-corrected chi connectivity index (χ4v) is 3.72. The van der Waals surface area contributed by atoms with Gasteiger partial charge in [-0.2, -0.15) is 4.31 Å². The first-order chi connectivity index (χ1) is 12.2. The third kappa shape index (κ3) is 5.06. The number of sulfonamides is 1. The quantitative estimate of drug-likeness (QED) is 0.806. The summed E-state index contributed by atoms with van der Waals surface area (Å²) in [6, 6.07) is 11.8. The topological polar surface area (TPSA) is 75.7 Å². The zero-order valence-electron chi connectivity index (χ0n) is 15.4. The Bertz CT molecular complexity index is 857. The summed E-state index contributed by atoms with van der Waals surface area (Å²) in [7, 11) is -2.38. The van der Waals surface area contributed by atoms with Gasteiger partial charge in [-0.15, -0.1) is 0 Å². The van der Waals surface area contributed by atoms with Gasteiger partial charge in [-0.05, 0) is 68.3 Å². The summed E-state index contributed by atoms with van der Waals surface area (Å²) in [5.41, 5.74) is 2.70. The predicted octanol–water partition coefficient (Wildman–Crippen LogP) is 2.96. The summed E-state index contributed by atoms with van der Waals surface area (Å²) in [4.78, 5) is 12.3. The van der Waals surface area contributed by atoms with Crippen molar-refractivity contribution in [2.45, 2.75) is 25.7 Å². The summed E-state index contributed by atoms with van der Waals surface area (Å²) >= 11 is 0. The Kier molecular flexibility index (Phi) is 6.39. The van der Waals surface area contributed by atoms with Crippen LogP contribution in [-0.4, -0.2) is 38.8 Å². The van der Waals surface area contributed by atoms with Gasteiger partial charge in [0.15, 0.2) is 0 Å². The van der Waals surface area contributed by atoms with E-state index in [0.29, 0.717) is 18.0 Å². The number of carbonyl (C=O) groups excluding carboxylic acids is 1. The van der Waals surface area contributed by atoms with Crippen LogP contribution in [0.3, 0.4) is 0 Å². The first-order valence-electron chi connectivity index (χ1n) is 8.29. The molecule has 0 bridgehead atoms. The highest BCUT2D eigenvalue weighted by Gasteiger charge is 2.23. The van der Waals surface area contributed by atoms with Crippen LogP contribution < -0.4 is 10.1 Å². The average Bonchev–Trinajstić information content (AvgIpc) is 2.54. The third-order valence-corrected chi connectivity index (χ3v) is 5.53. The van der Waals surface area contributed by atoms with Gasteiger partial charge in [0, 0.05) is 12.7 Å². The molecule has 7 heteroatoms. The maximum atomic E-state index is 12.6. The summed E-state index contributed by atoms with van der Waals surface area (Å²) in [5.74, 6) is 0.202. The molecule has 0 fully saturated rings. The van der Waals surface area contributed by atoms with Gasteiger partial charge in [0.05, 0.1) is 18.0 Å². The number of nitrogens with zero attached hydrogens (tertiary/aromatic N) is 1. The van der Waals surface area contributed by atoms with E-state index in [0.717, 1.165) is 15.4 Å². The number of anilines is 1. The minimum absolute atomic E-state index is 0.114. The Labute approximate surface area is 154 Å². The van der Waals surface area contributed by atoms with E-state index in [1.54, 1.807) is 12.1 Å². The van der Waals surface area contributed by atoms with E-state index < -0.39 is 15.9 Å². The van der Waals surface area contributed by atoms with Gasteiger partial charge >= 0.3 is 0 Å². The lowest BCUT2D eigenvalue weighted by atomic mass is 10.1. The number of aryl methyl sites for hydroxylation is 2. The molecule has 2 aromatic rings. The molecule has 0 aliphatic carbocycles. The normalized spacial score (nSPS) is 11.4. The van der Waals surface area contributed by atoms with E-state index in [9.17, 15) is 13.2 Å². The predicted molar refractivity (Wildman–Crippen MR) is 102 cm³/mol. The van der Waals surface area contributed by atoms with Crippen molar-refractivity contribution in [3.8, 4) is 5.75 Å². The Morgan fingerprint density at radius 2 is 1.65 bits per heavy atom. The van der Waals surface area contributed by atoms with Crippen molar-refractivity contribution in [3.05, 3.63) is 53.6 Å². The minimum Gasteiger partial charge on any atom is -0.494 e. The Morgan fingerprint density at radius 1 is 1.08 bits per heavy atom. The van der Waals surface area contributed by atoms with E-state index in [4.69, 9.17) is 4.74 Å². The molecule has 0 saturated heterocycles. The number of benzene rings is 2. The molecule has 2 rings (SSSR count). The van der Waals surface area contributed by atoms with Crippen molar-refractivity contribution in [2.24, 2.45) is 0 Å². The number of nitrogens with one attached hydrogen (secondary N) is 1. The molecule has 6 nitrogen and oxygen atoms in total. The average molecular weight is 376 g/mol. The zero-order valence-corrected chi connectivity index (χ0v) is 16.3. The largest absolute Gasteiger partial charge is 0.494 e. The van der Waals surface area contributed by atoms with Crippen LogP contribution in [-0.2, 0) is 14.8 Å². The summed E-state index contributed by atoms with van der Waals surface area (Å²) < 4.78 is 31.5. The lowest BCUT2D eigenvalue weighted by Gasteiger charge is -2.17. The van der Waals surface area contributed by atoms with Crippen LogP contribution in [0.5, 0.6) is 5.75 Å². The van der Waals surface area contributed by atoms with Gasteiger partial charge in [-0.3, -0.25) is 4.79 Å². The molecule has 1 amide bonds. The Balaban J connectivity index is 2.06. The molecule has 0 heterocycles. The van der Waals surface area contributed by atoms with Crippen molar-refractivity contribution >= 4 is 21.6 Å². The molecule has 2 aromatic carbocycles.